The molecule has 0 unspecified atom stereocenters. The van der Waals surface area contributed by atoms with Gasteiger partial charge in [-0.15, -0.1) is 10.2 Å². The van der Waals surface area contributed by atoms with Gasteiger partial charge in [-0.3, -0.25) is 4.57 Å². The van der Waals surface area contributed by atoms with Gasteiger partial charge in [0.15, 0.2) is 5.82 Å². The lowest BCUT2D eigenvalue weighted by atomic mass is 10.2. The number of aromatic nitrogens is 3. The van der Waals surface area contributed by atoms with Crippen LogP contribution in [0.1, 0.15) is 18.9 Å². The molecule has 9 heteroatoms. The Morgan fingerprint density at radius 3 is 2.55 bits per heavy atom. The zero-order chi connectivity index (χ0) is 14.5. The van der Waals surface area contributed by atoms with Crippen molar-refractivity contribution in [2.24, 2.45) is 0 Å². The van der Waals surface area contributed by atoms with Gasteiger partial charge in [-0.2, -0.15) is 0 Å². The highest BCUT2D eigenvalue weighted by molar-refractivity contribution is 8.13. The van der Waals surface area contributed by atoms with E-state index in [1.54, 1.807) is 6.07 Å². The van der Waals surface area contributed by atoms with Gasteiger partial charge in [0.05, 0.1) is 5.02 Å². The summed E-state index contributed by atoms with van der Waals surface area (Å²) in [4.78, 5) is 0. The summed E-state index contributed by atoms with van der Waals surface area (Å²) in [5, 5.41) is 7.11. The van der Waals surface area contributed by atoms with Crippen LogP contribution in [-0.4, -0.2) is 23.2 Å². The van der Waals surface area contributed by atoms with Crippen LogP contribution in [0.5, 0.6) is 0 Å². The molecule has 1 fully saturated rings. The SMILES string of the molecule is O=S(=O)(Cl)c1nnc(-c2ccc(Cl)c(F)c2)n1C1CC1. The summed E-state index contributed by atoms with van der Waals surface area (Å²) in [6.45, 7) is 0. The molecule has 3 rings (SSSR count). The van der Waals surface area contributed by atoms with Crippen LogP contribution in [0, 0.1) is 5.82 Å². The van der Waals surface area contributed by atoms with Crippen LogP contribution in [0.2, 0.25) is 5.02 Å². The largest absolute Gasteiger partial charge is 0.296 e. The minimum absolute atomic E-state index is 0.0172. The Balaban J connectivity index is 2.19. The monoisotopic (exact) mass is 335 g/mol. The topological polar surface area (TPSA) is 64.8 Å². The van der Waals surface area contributed by atoms with Crippen molar-refractivity contribution >= 4 is 31.3 Å². The summed E-state index contributed by atoms with van der Waals surface area (Å²) in [7, 11) is 1.34. The maximum Gasteiger partial charge on any atom is 0.296 e. The number of nitrogens with zero attached hydrogens (tertiary/aromatic N) is 3. The van der Waals surface area contributed by atoms with Crippen molar-refractivity contribution < 1.29 is 12.8 Å². The zero-order valence-electron chi connectivity index (χ0n) is 9.92. The Bertz CT molecular complexity index is 787. The van der Waals surface area contributed by atoms with Crippen LogP contribution < -0.4 is 0 Å². The molecule has 106 valence electrons. The first kappa shape index (κ1) is 13.8. The van der Waals surface area contributed by atoms with Gasteiger partial charge in [0.25, 0.3) is 14.2 Å². The average molecular weight is 336 g/mol. The molecule has 0 aliphatic heterocycles. The van der Waals surface area contributed by atoms with Crippen molar-refractivity contribution in [3.8, 4) is 11.4 Å². The van der Waals surface area contributed by atoms with Gasteiger partial charge in [0, 0.05) is 22.3 Å². The predicted molar refractivity (Wildman–Crippen MR) is 71.7 cm³/mol. The minimum atomic E-state index is -4.00. The van der Waals surface area contributed by atoms with Crippen molar-refractivity contribution in [2.45, 2.75) is 24.0 Å². The molecule has 0 N–H and O–H groups in total. The Kier molecular flexibility index (Phi) is 3.23. The van der Waals surface area contributed by atoms with E-state index in [1.807, 2.05) is 0 Å². The number of hydrogen-bond acceptors (Lipinski definition) is 4. The second kappa shape index (κ2) is 4.68. The van der Waals surface area contributed by atoms with E-state index in [2.05, 4.69) is 10.2 Å². The van der Waals surface area contributed by atoms with Crippen molar-refractivity contribution in [3.63, 3.8) is 0 Å². The molecular weight excluding hydrogens is 328 g/mol. The molecule has 0 spiro atoms. The number of benzene rings is 1. The molecule has 1 saturated carbocycles. The lowest BCUT2D eigenvalue weighted by Gasteiger charge is -2.07. The summed E-state index contributed by atoms with van der Waals surface area (Å²) < 4.78 is 38.0. The molecule has 1 aliphatic carbocycles. The lowest BCUT2D eigenvalue weighted by molar-refractivity contribution is 0.579. The highest BCUT2D eigenvalue weighted by Gasteiger charge is 2.34. The molecule has 0 bridgehead atoms. The molecule has 0 amide bonds. The van der Waals surface area contributed by atoms with Gasteiger partial charge in [0.2, 0.25) is 0 Å². The molecule has 2 aromatic rings. The highest BCUT2D eigenvalue weighted by atomic mass is 35.7. The maximum atomic E-state index is 13.5. The maximum absolute atomic E-state index is 13.5. The van der Waals surface area contributed by atoms with Gasteiger partial charge in [-0.25, -0.2) is 12.8 Å². The fraction of sp³-hybridized carbons (Fsp3) is 0.273. The van der Waals surface area contributed by atoms with Crippen LogP contribution in [0.3, 0.4) is 0 Å². The predicted octanol–water partition coefficient (Wildman–Crippen LogP) is 3.00. The van der Waals surface area contributed by atoms with Crippen molar-refractivity contribution in [1.29, 1.82) is 0 Å². The standard InChI is InChI=1S/C11H8Cl2FN3O2S/c12-8-4-1-6(5-9(8)14)10-15-16-11(20(13,18)19)17(10)7-2-3-7/h1,4-5,7H,2-3H2. The molecule has 1 aromatic heterocycles. The van der Waals surface area contributed by atoms with Gasteiger partial charge in [-0.1, -0.05) is 11.6 Å². The van der Waals surface area contributed by atoms with E-state index in [9.17, 15) is 12.8 Å². The molecule has 1 aromatic carbocycles. The van der Waals surface area contributed by atoms with E-state index in [1.165, 1.54) is 16.7 Å². The van der Waals surface area contributed by atoms with Gasteiger partial charge < -0.3 is 0 Å². The quantitative estimate of drug-likeness (QED) is 0.809. The number of rotatable bonds is 3. The Labute approximate surface area is 123 Å². The summed E-state index contributed by atoms with van der Waals surface area (Å²) in [6, 6.07) is 4.10. The van der Waals surface area contributed by atoms with Gasteiger partial charge in [-0.05, 0) is 31.0 Å². The van der Waals surface area contributed by atoms with Crippen LogP contribution in [0.25, 0.3) is 11.4 Å². The first-order valence-electron chi connectivity index (χ1n) is 5.73. The van der Waals surface area contributed by atoms with E-state index in [4.69, 9.17) is 22.3 Å². The van der Waals surface area contributed by atoms with Crippen molar-refractivity contribution in [3.05, 3.63) is 29.0 Å². The third-order valence-corrected chi connectivity index (χ3v) is 4.41. The summed E-state index contributed by atoms with van der Waals surface area (Å²) >= 11 is 5.63. The van der Waals surface area contributed by atoms with Gasteiger partial charge >= 0.3 is 0 Å². The zero-order valence-corrected chi connectivity index (χ0v) is 12.3. The van der Waals surface area contributed by atoms with E-state index in [0.717, 1.165) is 12.8 Å². The summed E-state index contributed by atoms with van der Waals surface area (Å²) in [5.74, 6) is -0.341. The van der Waals surface area contributed by atoms with Crippen LogP contribution in [-0.2, 0) is 9.05 Å². The molecule has 5 nitrogen and oxygen atoms in total. The molecule has 20 heavy (non-hydrogen) atoms. The molecule has 0 radical (unpaired) electrons. The summed E-state index contributed by atoms with van der Waals surface area (Å²) in [6.07, 6.45) is 1.61. The Hall–Kier alpha value is -1.18. The lowest BCUT2D eigenvalue weighted by Crippen LogP contribution is -2.06. The van der Waals surface area contributed by atoms with Crippen LogP contribution in [0.15, 0.2) is 23.4 Å². The van der Waals surface area contributed by atoms with Crippen molar-refractivity contribution in [1.82, 2.24) is 14.8 Å². The smallest absolute Gasteiger partial charge is 0.294 e. The Morgan fingerprint density at radius 2 is 2.00 bits per heavy atom. The van der Waals surface area contributed by atoms with E-state index in [-0.39, 0.29) is 22.0 Å². The van der Waals surface area contributed by atoms with E-state index < -0.39 is 14.9 Å². The van der Waals surface area contributed by atoms with Crippen LogP contribution >= 0.6 is 22.3 Å². The molecule has 0 saturated heterocycles. The van der Waals surface area contributed by atoms with Gasteiger partial charge in [0.1, 0.15) is 5.82 Å². The molecule has 0 atom stereocenters. The minimum Gasteiger partial charge on any atom is -0.294 e. The van der Waals surface area contributed by atoms with E-state index >= 15 is 0 Å². The fourth-order valence-corrected chi connectivity index (χ4v) is 2.98. The van der Waals surface area contributed by atoms with Crippen LogP contribution in [0.4, 0.5) is 4.39 Å². The average Bonchev–Trinajstić information content (AvgIpc) is 3.10. The van der Waals surface area contributed by atoms with E-state index in [0.29, 0.717) is 5.56 Å². The summed E-state index contributed by atoms with van der Waals surface area (Å²) in [5.41, 5.74) is 0.401. The third kappa shape index (κ3) is 2.41. The number of halogens is 3. The number of hydrogen-bond donors (Lipinski definition) is 0. The molecule has 1 aliphatic rings. The highest BCUT2D eigenvalue weighted by Crippen LogP contribution is 2.40. The Morgan fingerprint density at radius 1 is 1.30 bits per heavy atom. The molecule has 1 heterocycles. The third-order valence-electron chi connectivity index (χ3n) is 2.97. The normalized spacial score (nSPS) is 15.6. The molecular formula is C11H8Cl2FN3O2S. The second-order valence-corrected chi connectivity index (χ2v) is 7.34. The first-order chi connectivity index (χ1) is 9.38. The second-order valence-electron chi connectivity index (χ2n) is 4.47. The first-order valence-corrected chi connectivity index (χ1v) is 8.41. The van der Waals surface area contributed by atoms with Crippen molar-refractivity contribution in [2.75, 3.05) is 0 Å². The fourth-order valence-electron chi connectivity index (χ4n) is 1.94.